The van der Waals surface area contributed by atoms with Crippen LogP contribution in [0.3, 0.4) is 0 Å². The fourth-order valence-electron chi connectivity index (χ4n) is 4.91. The van der Waals surface area contributed by atoms with Gasteiger partial charge in [-0.05, 0) is 58.7 Å². The average Bonchev–Trinajstić information content (AvgIpc) is 3.09. The second-order valence-electron chi connectivity index (χ2n) is 8.57. The first-order valence-electron chi connectivity index (χ1n) is 11.1. The van der Waals surface area contributed by atoms with E-state index in [0.29, 0.717) is 17.2 Å². The van der Waals surface area contributed by atoms with Crippen LogP contribution >= 0.6 is 0 Å². The summed E-state index contributed by atoms with van der Waals surface area (Å²) in [6.07, 6.45) is 4.53. The van der Waals surface area contributed by atoms with Crippen LogP contribution in [-0.2, 0) is 6.54 Å². The van der Waals surface area contributed by atoms with Crippen LogP contribution in [0.2, 0.25) is 0 Å². The van der Waals surface area contributed by atoms with Gasteiger partial charge in [0.25, 0.3) is 5.56 Å². The minimum atomic E-state index is -0.990. The summed E-state index contributed by atoms with van der Waals surface area (Å²) < 4.78 is 7.60. The van der Waals surface area contributed by atoms with E-state index in [2.05, 4.69) is 37.1 Å². The third-order valence-corrected chi connectivity index (χ3v) is 6.63. The predicted molar refractivity (Wildman–Crippen MR) is 123 cm³/mol. The van der Waals surface area contributed by atoms with Crippen LogP contribution in [0.25, 0.3) is 11.0 Å². The Morgan fingerprint density at radius 2 is 2.09 bits per heavy atom. The number of aliphatic hydroxyl groups is 1. The number of rotatable bonds is 7. The van der Waals surface area contributed by atoms with Gasteiger partial charge in [0.05, 0.1) is 12.7 Å². The number of aryl methyl sites for hydroxylation is 1. The molecule has 1 aliphatic heterocycles. The molecule has 32 heavy (non-hydrogen) atoms. The smallest absolute Gasteiger partial charge is 0.256 e. The number of nitrogens with one attached hydrogen (secondary N) is 3. The van der Waals surface area contributed by atoms with E-state index < -0.39 is 6.23 Å². The zero-order valence-electron chi connectivity index (χ0n) is 19.1. The average molecular weight is 441 g/mol. The van der Waals surface area contributed by atoms with E-state index in [1.165, 1.54) is 7.11 Å². The van der Waals surface area contributed by atoms with Crippen molar-refractivity contribution < 1.29 is 9.84 Å². The molecule has 2 unspecified atom stereocenters. The number of piperidine rings is 1. The third kappa shape index (κ3) is 4.15. The molecule has 4 N–H and O–H groups in total. The molecule has 1 saturated heterocycles. The molecule has 3 aromatic heterocycles. The topological polar surface area (TPSA) is 117 Å². The maximum atomic E-state index is 12.4. The first kappa shape index (κ1) is 22.4. The van der Waals surface area contributed by atoms with Crippen molar-refractivity contribution in [1.82, 2.24) is 30.2 Å². The number of hydrogen-bond donors (Lipinski definition) is 4. The standard InChI is InChI=1S/C23H32N6O3/c1-13-9-19(32-4)17(22(30)28-13)11-26-23(31)20-15(3)29(21-18(20)10-25-12-27-21)14(2)16-5-7-24-8-6-16/h9-10,12,14,16,23-24,26,31H,5-8,11H2,1-4H3,(H,28,30). The Balaban J connectivity index is 1.66. The maximum absolute atomic E-state index is 12.4. The Hall–Kier alpha value is -2.75. The lowest BCUT2D eigenvalue weighted by molar-refractivity contribution is 0.136. The fourth-order valence-corrected chi connectivity index (χ4v) is 4.91. The van der Waals surface area contributed by atoms with Crippen molar-refractivity contribution in [2.75, 3.05) is 20.2 Å². The van der Waals surface area contributed by atoms with Crippen LogP contribution in [0.4, 0.5) is 0 Å². The Bertz CT molecular complexity index is 1150. The largest absolute Gasteiger partial charge is 0.496 e. The predicted octanol–water partition coefficient (Wildman–Crippen LogP) is 2.09. The molecular weight excluding hydrogens is 408 g/mol. The van der Waals surface area contributed by atoms with E-state index in [1.807, 2.05) is 6.92 Å². The molecule has 9 nitrogen and oxygen atoms in total. The number of methoxy groups -OCH3 is 1. The van der Waals surface area contributed by atoms with E-state index in [4.69, 9.17) is 4.74 Å². The van der Waals surface area contributed by atoms with E-state index in [1.54, 1.807) is 25.5 Å². The van der Waals surface area contributed by atoms with Crippen molar-refractivity contribution in [2.45, 2.75) is 52.4 Å². The summed E-state index contributed by atoms with van der Waals surface area (Å²) in [5, 5.41) is 18.5. The summed E-state index contributed by atoms with van der Waals surface area (Å²) in [7, 11) is 1.53. The Morgan fingerprint density at radius 3 is 2.81 bits per heavy atom. The number of nitrogens with zero attached hydrogens (tertiary/aromatic N) is 3. The lowest BCUT2D eigenvalue weighted by Crippen LogP contribution is -2.32. The number of aliphatic hydroxyl groups excluding tert-OH is 1. The van der Waals surface area contributed by atoms with Gasteiger partial charge >= 0.3 is 0 Å². The molecule has 2 atom stereocenters. The number of ether oxygens (including phenoxy) is 1. The van der Waals surface area contributed by atoms with Crippen LogP contribution < -0.4 is 20.9 Å². The number of fused-ring (bicyclic) bond motifs is 1. The zero-order valence-corrected chi connectivity index (χ0v) is 19.1. The second kappa shape index (κ2) is 9.40. The van der Waals surface area contributed by atoms with Gasteiger partial charge in [0.2, 0.25) is 0 Å². The first-order chi connectivity index (χ1) is 15.4. The van der Waals surface area contributed by atoms with Crippen LogP contribution in [0, 0.1) is 19.8 Å². The molecule has 172 valence electrons. The normalized spacial score (nSPS) is 16.9. The zero-order chi connectivity index (χ0) is 22.8. The lowest BCUT2D eigenvalue weighted by atomic mass is 9.91. The van der Waals surface area contributed by atoms with Crippen molar-refractivity contribution in [2.24, 2.45) is 5.92 Å². The van der Waals surface area contributed by atoms with Crippen LogP contribution in [0.5, 0.6) is 5.75 Å². The van der Waals surface area contributed by atoms with Crippen LogP contribution in [0.15, 0.2) is 23.4 Å². The summed E-state index contributed by atoms with van der Waals surface area (Å²) in [6.45, 7) is 8.24. The minimum absolute atomic E-state index is 0.156. The molecule has 0 aromatic carbocycles. The highest BCUT2D eigenvalue weighted by Crippen LogP contribution is 2.35. The van der Waals surface area contributed by atoms with Gasteiger partial charge in [-0.25, -0.2) is 9.97 Å². The number of pyridine rings is 1. The summed E-state index contributed by atoms with van der Waals surface area (Å²) in [6, 6.07) is 2.02. The quantitative estimate of drug-likeness (QED) is 0.416. The van der Waals surface area contributed by atoms with Crippen LogP contribution in [0.1, 0.15) is 54.5 Å². The molecule has 9 heteroatoms. The molecule has 3 aromatic rings. The third-order valence-electron chi connectivity index (χ3n) is 6.63. The monoisotopic (exact) mass is 440 g/mol. The minimum Gasteiger partial charge on any atom is -0.496 e. The highest BCUT2D eigenvalue weighted by molar-refractivity contribution is 5.81. The molecule has 0 amide bonds. The van der Waals surface area contributed by atoms with Gasteiger partial charge in [-0.1, -0.05) is 0 Å². The molecule has 0 spiro atoms. The van der Waals surface area contributed by atoms with Gasteiger partial charge in [-0.3, -0.25) is 10.1 Å². The lowest BCUT2D eigenvalue weighted by Gasteiger charge is -2.30. The molecule has 0 radical (unpaired) electrons. The van der Waals surface area contributed by atoms with Crippen LogP contribution in [-0.4, -0.2) is 44.8 Å². The van der Waals surface area contributed by atoms with Crippen molar-refractivity contribution in [1.29, 1.82) is 0 Å². The van der Waals surface area contributed by atoms with E-state index >= 15 is 0 Å². The maximum Gasteiger partial charge on any atom is 0.256 e. The van der Waals surface area contributed by atoms with Crippen molar-refractivity contribution in [3.63, 3.8) is 0 Å². The van der Waals surface area contributed by atoms with E-state index in [9.17, 15) is 9.90 Å². The van der Waals surface area contributed by atoms with Gasteiger partial charge in [0.15, 0.2) is 0 Å². The van der Waals surface area contributed by atoms with E-state index in [0.717, 1.165) is 53.9 Å². The van der Waals surface area contributed by atoms with Gasteiger partial charge in [-0.2, -0.15) is 0 Å². The Morgan fingerprint density at radius 1 is 1.34 bits per heavy atom. The number of aromatic amines is 1. The molecule has 1 aliphatic rings. The molecular formula is C23H32N6O3. The Labute approximate surface area is 187 Å². The number of aromatic nitrogens is 4. The van der Waals surface area contributed by atoms with Gasteiger partial charge in [-0.15, -0.1) is 0 Å². The molecule has 0 aliphatic carbocycles. The van der Waals surface area contributed by atoms with Crippen molar-refractivity contribution in [3.8, 4) is 5.75 Å². The summed E-state index contributed by atoms with van der Waals surface area (Å²) >= 11 is 0. The first-order valence-corrected chi connectivity index (χ1v) is 11.1. The van der Waals surface area contributed by atoms with Gasteiger partial charge in [0.1, 0.15) is 24.0 Å². The number of hydrogen-bond acceptors (Lipinski definition) is 7. The van der Waals surface area contributed by atoms with E-state index in [-0.39, 0.29) is 18.1 Å². The van der Waals surface area contributed by atoms with Crippen molar-refractivity contribution in [3.05, 3.63) is 51.5 Å². The molecule has 1 fully saturated rings. The molecule has 4 heterocycles. The number of H-pyrrole nitrogens is 1. The molecule has 0 bridgehead atoms. The highest BCUT2D eigenvalue weighted by atomic mass is 16.5. The fraction of sp³-hybridized carbons (Fsp3) is 0.522. The van der Waals surface area contributed by atoms with Crippen molar-refractivity contribution >= 4 is 11.0 Å². The highest BCUT2D eigenvalue weighted by Gasteiger charge is 2.28. The van der Waals surface area contributed by atoms with Gasteiger partial charge < -0.3 is 24.7 Å². The summed E-state index contributed by atoms with van der Waals surface area (Å²) in [5.41, 5.74) is 3.45. The molecule has 4 rings (SSSR count). The van der Waals surface area contributed by atoms with Gasteiger partial charge in [0, 0.05) is 41.1 Å². The summed E-state index contributed by atoms with van der Waals surface area (Å²) in [4.78, 5) is 24.0. The summed E-state index contributed by atoms with van der Waals surface area (Å²) in [5.74, 6) is 1.03. The SMILES string of the molecule is COc1cc(C)[nH]c(=O)c1CNC(O)c1c(C)n(C(C)C2CCNCC2)c2ncncc12. The second-order valence-corrected chi connectivity index (χ2v) is 8.57. The Kier molecular flexibility index (Phi) is 6.59. The molecule has 0 saturated carbocycles.